The Morgan fingerprint density at radius 1 is 1.04 bits per heavy atom. The Hall–Kier alpha value is -1.73. The van der Waals surface area contributed by atoms with E-state index in [1.807, 2.05) is 24.3 Å². The summed E-state index contributed by atoms with van der Waals surface area (Å²) in [5, 5.41) is 0. The van der Waals surface area contributed by atoms with Crippen LogP contribution < -0.4 is 9.47 Å². The molecule has 2 atom stereocenters. The van der Waals surface area contributed by atoms with Crippen LogP contribution in [0.4, 0.5) is 0 Å². The molecule has 3 aliphatic heterocycles. The van der Waals surface area contributed by atoms with Gasteiger partial charge in [0.25, 0.3) is 0 Å². The van der Waals surface area contributed by atoms with Crippen molar-refractivity contribution >= 4 is 11.8 Å². The summed E-state index contributed by atoms with van der Waals surface area (Å²) in [4.78, 5) is 2.06. The van der Waals surface area contributed by atoms with Gasteiger partial charge in [0, 0.05) is 23.1 Å². The monoisotopic (exact) mass is 386 g/mol. The van der Waals surface area contributed by atoms with Gasteiger partial charge in [0.15, 0.2) is 11.5 Å². The molecule has 3 heterocycles. The third-order valence-electron chi connectivity index (χ3n) is 5.26. The fraction of sp³-hybridized carbons (Fsp3) is 0.429. The molecule has 5 rings (SSSR count). The van der Waals surface area contributed by atoms with Crippen LogP contribution in [0.3, 0.4) is 0 Å². The zero-order chi connectivity index (χ0) is 18.6. The lowest BCUT2D eigenvalue weighted by Gasteiger charge is -2.39. The van der Waals surface area contributed by atoms with Gasteiger partial charge < -0.3 is 23.7 Å². The van der Waals surface area contributed by atoms with E-state index in [1.165, 1.54) is 0 Å². The first kappa shape index (κ1) is 17.4. The van der Waals surface area contributed by atoms with Crippen molar-refractivity contribution in [2.45, 2.75) is 42.3 Å². The van der Waals surface area contributed by atoms with E-state index < -0.39 is 12.3 Å². The summed E-state index contributed by atoms with van der Waals surface area (Å²) < 4.78 is 29.8. The minimum atomic E-state index is -0.936. The van der Waals surface area contributed by atoms with Gasteiger partial charge in [-0.3, -0.25) is 0 Å². The molecule has 0 bridgehead atoms. The Kier molecular flexibility index (Phi) is 3.95. The number of fused-ring (bicyclic) bond motifs is 6. The average molecular weight is 386 g/mol. The number of rotatable bonds is 1. The Morgan fingerprint density at radius 3 is 2.74 bits per heavy atom. The predicted molar refractivity (Wildman–Crippen MR) is 100 cm³/mol. The summed E-state index contributed by atoms with van der Waals surface area (Å²) in [5.74, 6) is 0.430. The first-order valence-electron chi connectivity index (χ1n) is 9.11. The first-order valence-corrected chi connectivity index (χ1v) is 9.93. The van der Waals surface area contributed by atoms with Gasteiger partial charge in [-0.05, 0) is 30.0 Å². The normalized spacial score (nSPS) is 27.7. The molecule has 0 N–H and O–H groups in total. The average Bonchev–Trinajstić information content (AvgIpc) is 3.03. The molecule has 1 saturated heterocycles. The molecule has 0 radical (unpaired) electrons. The van der Waals surface area contributed by atoms with Crippen LogP contribution >= 0.6 is 11.8 Å². The molecule has 0 aliphatic carbocycles. The molecule has 1 fully saturated rings. The molecular weight excluding hydrogens is 364 g/mol. The van der Waals surface area contributed by atoms with Gasteiger partial charge in [-0.15, -0.1) is 0 Å². The molecule has 2 aromatic carbocycles. The van der Waals surface area contributed by atoms with E-state index in [0.29, 0.717) is 24.7 Å². The molecule has 0 saturated carbocycles. The molecule has 0 amide bonds. The minimum Gasteiger partial charge on any atom is -0.428 e. The molecule has 0 aromatic heterocycles. The van der Waals surface area contributed by atoms with Crippen molar-refractivity contribution in [1.29, 1.82) is 0 Å². The van der Waals surface area contributed by atoms with Crippen LogP contribution in [0, 0.1) is 5.41 Å². The van der Waals surface area contributed by atoms with Gasteiger partial charge in [-0.1, -0.05) is 43.8 Å². The van der Waals surface area contributed by atoms with Gasteiger partial charge in [0.1, 0.15) is 0 Å². The molecule has 2 aromatic rings. The number of methoxy groups -OCH3 is 1. The van der Waals surface area contributed by atoms with Gasteiger partial charge >= 0.3 is 6.48 Å². The molecule has 2 unspecified atom stereocenters. The highest BCUT2D eigenvalue weighted by molar-refractivity contribution is 7.99. The van der Waals surface area contributed by atoms with Crippen LogP contribution in [0.1, 0.15) is 31.4 Å². The van der Waals surface area contributed by atoms with Gasteiger partial charge in [0.2, 0.25) is 5.79 Å². The van der Waals surface area contributed by atoms with Crippen molar-refractivity contribution < 1.29 is 23.7 Å². The van der Waals surface area contributed by atoms with E-state index in [-0.39, 0.29) is 5.41 Å². The highest BCUT2D eigenvalue weighted by atomic mass is 32.2. The first-order chi connectivity index (χ1) is 13.0. The summed E-state index contributed by atoms with van der Waals surface area (Å²) in [6.07, 6.45) is 0.940. The lowest BCUT2D eigenvalue weighted by molar-refractivity contribution is -0.212. The third kappa shape index (κ3) is 2.66. The van der Waals surface area contributed by atoms with Gasteiger partial charge in [-0.2, -0.15) is 0 Å². The second-order valence-corrected chi connectivity index (χ2v) is 8.85. The maximum Gasteiger partial charge on any atom is 0.360 e. The van der Waals surface area contributed by atoms with Crippen molar-refractivity contribution in [2.75, 3.05) is 20.3 Å². The van der Waals surface area contributed by atoms with E-state index >= 15 is 0 Å². The molecule has 6 heteroatoms. The Labute approximate surface area is 162 Å². The van der Waals surface area contributed by atoms with Crippen LogP contribution in [0.2, 0.25) is 0 Å². The van der Waals surface area contributed by atoms with E-state index in [9.17, 15) is 0 Å². The SMILES string of the molecule is COC1Oc2ccc3c(c2O1)Sc1ccccc1C31OCCC(C)(C)CO1. The van der Waals surface area contributed by atoms with Crippen LogP contribution in [0.5, 0.6) is 11.5 Å². The topological polar surface area (TPSA) is 46.2 Å². The highest BCUT2D eigenvalue weighted by Gasteiger charge is 2.48. The molecule has 3 aliphatic rings. The molecule has 1 spiro atoms. The third-order valence-corrected chi connectivity index (χ3v) is 6.45. The van der Waals surface area contributed by atoms with Crippen molar-refractivity contribution in [2.24, 2.45) is 5.41 Å². The standard InChI is InChI=1S/C21H22O5S/c1-20(2)10-11-23-21(24-12-20)13-6-4-5-7-16(13)27-18-14(21)8-9-15-17(18)26-19(22-3)25-15/h4-9,19H,10-12H2,1-3H3. The van der Waals surface area contributed by atoms with Gasteiger partial charge in [-0.25, -0.2) is 0 Å². The van der Waals surface area contributed by atoms with Crippen molar-refractivity contribution in [3.05, 3.63) is 47.5 Å². The maximum atomic E-state index is 6.55. The zero-order valence-corrected chi connectivity index (χ0v) is 16.4. The highest BCUT2D eigenvalue weighted by Crippen LogP contribution is 2.57. The lowest BCUT2D eigenvalue weighted by atomic mass is 9.91. The lowest BCUT2D eigenvalue weighted by Crippen LogP contribution is -2.37. The summed E-state index contributed by atoms with van der Waals surface area (Å²) in [6.45, 7) is 4.93. The zero-order valence-electron chi connectivity index (χ0n) is 15.6. The number of hydrogen-bond donors (Lipinski definition) is 0. The summed E-state index contributed by atoms with van der Waals surface area (Å²) >= 11 is 1.65. The number of hydrogen-bond acceptors (Lipinski definition) is 6. The fourth-order valence-corrected chi connectivity index (χ4v) is 4.94. The van der Waals surface area contributed by atoms with Crippen molar-refractivity contribution in [3.63, 3.8) is 0 Å². The van der Waals surface area contributed by atoms with E-state index in [0.717, 1.165) is 27.3 Å². The van der Waals surface area contributed by atoms with Crippen LogP contribution in [-0.2, 0) is 20.0 Å². The van der Waals surface area contributed by atoms with Crippen LogP contribution in [0.15, 0.2) is 46.2 Å². The van der Waals surface area contributed by atoms with E-state index in [4.69, 9.17) is 23.7 Å². The molecule has 27 heavy (non-hydrogen) atoms. The summed E-state index contributed by atoms with van der Waals surface area (Å²) in [6, 6.07) is 12.2. The number of ether oxygens (including phenoxy) is 5. The largest absolute Gasteiger partial charge is 0.428 e. The van der Waals surface area contributed by atoms with E-state index in [1.54, 1.807) is 18.9 Å². The minimum absolute atomic E-state index is 0.0562. The maximum absolute atomic E-state index is 6.55. The van der Waals surface area contributed by atoms with Crippen molar-refractivity contribution in [3.8, 4) is 11.5 Å². The Bertz CT molecular complexity index is 896. The predicted octanol–water partition coefficient (Wildman–Crippen LogP) is 4.52. The van der Waals surface area contributed by atoms with Gasteiger partial charge in [0.05, 0.1) is 18.1 Å². The summed E-state index contributed by atoms with van der Waals surface area (Å²) in [7, 11) is 1.56. The van der Waals surface area contributed by atoms with Crippen LogP contribution in [0.25, 0.3) is 0 Å². The quantitative estimate of drug-likeness (QED) is 0.718. The number of benzene rings is 2. The summed E-state index contributed by atoms with van der Waals surface area (Å²) in [5.41, 5.74) is 2.06. The van der Waals surface area contributed by atoms with Crippen LogP contribution in [-0.4, -0.2) is 26.8 Å². The second-order valence-electron chi connectivity index (χ2n) is 7.80. The fourth-order valence-electron chi connectivity index (χ4n) is 3.71. The Morgan fingerprint density at radius 2 is 1.89 bits per heavy atom. The Balaban J connectivity index is 1.69. The molecule has 5 nitrogen and oxygen atoms in total. The van der Waals surface area contributed by atoms with E-state index in [2.05, 4.69) is 26.0 Å². The van der Waals surface area contributed by atoms with Crippen molar-refractivity contribution in [1.82, 2.24) is 0 Å². The molecular formula is C21H22O5S. The second kappa shape index (κ2) is 6.14. The smallest absolute Gasteiger partial charge is 0.360 e. The molecule has 142 valence electrons.